The number of aldehydes is 1. The summed E-state index contributed by atoms with van der Waals surface area (Å²) in [5.74, 6) is 0.0536. The van der Waals surface area contributed by atoms with Gasteiger partial charge in [-0.3, -0.25) is 4.68 Å². The average molecular weight is 517 g/mol. The number of anilines is 2. The lowest BCUT2D eigenvalue weighted by Crippen LogP contribution is -2.35. The number of hydrogen-bond acceptors (Lipinski definition) is 4. The van der Waals surface area contributed by atoms with Crippen molar-refractivity contribution in [3.8, 4) is 0 Å². The second-order valence-corrected chi connectivity index (χ2v) is 12.1. The largest absolute Gasteiger partial charge is 0.370 e. The van der Waals surface area contributed by atoms with Crippen molar-refractivity contribution in [3.63, 3.8) is 0 Å². The Morgan fingerprint density at radius 1 is 0.943 bits per heavy atom. The van der Waals surface area contributed by atoms with Crippen molar-refractivity contribution in [2.24, 2.45) is 5.92 Å². The van der Waals surface area contributed by atoms with E-state index in [1.807, 2.05) is 9.58 Å². The second-order valence-electron chi connectivity index (χ2n) is 9.77. The van der Waals surface area contributed by atoms with E-state index in [0.717, 1.165) is 57.3 Å². The first-order valence-electron chi connectivity index (χ1n) is 12.0. The van der Waals surface area contributed by atoms with Crippen molar-refractivity contribution >= 4 is 38.8 Å². The number of aromatic nitrogens is 2. The molecular formula is C24H29F5N4OS. The lowest BCUT2D eigenvalue weighted by Gasteiger charge is -2.47. The number of halogens is 5. The van der Waals surface area contributed by atoms with Crippen LogP contribution < -0.4 is 9.80 Å². The molecule has 2 aromatic rings. The third kappa shape index (κ3) is 4.92. The van der Waals surface area contributed by atoms with E-state index in [9.17, 15) is 24.2 Å². The molecule has 0 radical (unpaired) electrons. The number of benzene rings is 1. The van der Waals surface area contributed by atoms with Crippen molar-refractivity contribution < 1.29 is 24.2 Å². The van der Waals surface area contributed by atoms with Gasteiger partial charge >= 0.3 is 10.2 Å². The predicted molar refractivity (Wildman–Crippen MR) is 131 cm³/mol. The van der Waals surface area contributed by atoms with Gasteiger partial charge in [0.2, 0.25) is 0 Å². The molecule has 3 heterocycles. The Kier molecular flexibility index (Phi) is 5.50. The van der Waals surface area contributed by atoms with Gasteiger partial charge in [-0.05, 0) is 63.2 Å². The van der Waals surface area contributed by atoms with Gasteiger partial charge in [-0.15, -0.1) is 0 Å². The SMILES string of the molecule is O=CC1CCC(n2cc3cc(N4CC=CC=C4S(F)(F)(F)(F)F)c(N4CCCCC4)cc3n2)CC1. The van der Waals surface area contributed by atoms with E-state index in [1.165, 1.54) is 6.08 Å². The van der Waals surface area contributed by atoms with E-state index in [0.29, 0.717) is 40.7 Å². The Hall–Kier alpha value is -2.56. The van der Waals surface area contributed by atoms with Crippen molar-refractivity contribution in [1.29, 1.82) is 0 Å². The van der Waals surface area contributed by atoms with Crippen LogP contribution in [-0.4, -0.2) is 35.7 Å². The Bertz CT molecular complexity index is 1190. The highest BCUT2D eigenvalue weighted by molar-refractivity contribution is 8.48. The van der Waals surface area contributed by atoms with E-state index in [4.69, 9.17) is 5.10 Å². The van der Waals surface area contributed by atoms with Crippen LogP contribution in [0, 0.1) is 5.92 Å². The smallest absolute Gasteiger partial charge is 0.324 e. The van der Waals surface area contributed by atoms with Gasteiger partial charge in [-0.25, -0.2) is 0 Å². The topological polar surface area (TPSA) is 41.4 Å². The third-order valence-electron chi connectivity index (χ3n) is 7.24. The summed E-state index contributed by atoms with van der Waals surface area (Å²) in [6.45, 7) is 0.996. The standard InChI is InChI=1S/C24H29F5N4OS/c25-35(26,27,28,29)24-6-2-5-13-32(24)23-14-19-16-33(20-9-7-18(17-34)8-10-20)30-21(19)15-22(23)31-11-3-1-4-12-31/h2,5-6,14-18,20H,1,3-4,7-13H2. The first-order chi connectivity index (χ1) is 16.4. The van der Waals surface area contributed by atoms with Crippen LogP contribution >= 0.6 is 10.2 Å². The minimum atomic E-state index is -9.94. The second kappa shape index (κ2) is 7.97. The quantitative estimate of drug-likeness (QED) is 0.305. The summed E-state index contributed by atoms with van der Waals surface area (Å²) in [6, 6.07) is 3.40. The van der Waals surface area contributed by atoms with E-state index in [1.54, 1.807) is 18.3 Å². The molecule has 1 aliphatic carbocycles. The van der Waals surface area contributed by atoms with Crippen molar-refractivity contribution in [2.45, 2.75) is 51.0 Å². The molecule has 0 spiro atoms. The summed E-state index contributed by atoms with van der Waals surface area (Å²) < 4.78 is 72.0. The number of hydrogen-bond donors (Lipinski definition) is 0. The van der Waals surface area contributed by atoms with E-state index in [-0.39, 0.29) is 24.2 Å². The average Bonchev–Trinajstić information content (AvgIpc) is 3.26. The number of fused-ring (bicyclic) bond motifs is 1. The van der Waals surface area contributed by atoms with Crippen LogP contribution in [0.2, 0.25) is 0 Å². The van der Waals surface area contributed by atoms with Crippen molar-refractivity contribution in [1.82, 2.24) is 9.78 Å². The summed E-state index contributed by atoms with van der Waals surface area (Å²) in [7, 11) is -9.94. The first-order valence-corrected chi connectivity index (χ1v) is 14.0. The maximum Gasteiger partial charge on any atom is 0.324 e. The molecule has 192 valence electrons. The number of rotatable bonds is 5. The highest BCUT2D eigenvalue weighted by atomic mass is 32.5. The van der Waals surface area contributed by atoms with Gasteiger partial charge in [-0.1, -0.05) is 31.6 Å². The zero-order valence-corrected chi connectivity index (χ0v) is 20.1. The van der Waals surface area contributed by atoms with Crippen LogP contribution in [0.15, 0.2) is 41.6 Å². The lowest BCUT2D eigenvalue weighted by atomic mass is 9.87. The normalized spacial score (nSPS) is 25.8. The molecule has 3 aliphatic rings. The summed E-state index contributed by atoms with van der Waals surface area (Å²) >= 11 is 0. The maximum atomic E-state index is 14.0. The molecule has 0 atom stereocenters. The number of allylic oxidation sites excluding steroid dienone is 2. The molecule has 35 heavy (non-hydrogen) atoms. The fourth-order valence-corrected chi connectivity index (χ4v) is 6.34. The molecule has 0 bridgehead atoms. The maximum absolute atomic E-state index is 14.0. The molecular weight excluding hydrogens is 487 g/mol. The number of carbonyl (C=O) groups is 1. The zero-order chi connectivity index (χ0) is 24.9. The fourth-order valence-electron chi connectivity index (χ4n) is 5.41. The Morgan fingerprint density at radius 3 is 2.31 bits per heavy atom. The molecule has 0 N–H and O–H groups in total. The summed E-state index contributed by atoms with van der Waals surface area (Å²) in [5.41, 5.74) is 1.24. The monoisotopic (exact) mass is 516 g/mol. The molecule has 1 saturated heterocycles. The molecule has 2 fully saturated rings. The zero-order valence-electron chi connectivity index (χ0n) is 19.3. The molecule has 11 heteroatoms. The number of carbonyl (C=O) groups excluding carboxylic acids is 1. The number of nitrogens with zero attached hydrogens (tertiary/aromatic N) is 4. The van der Waals surface area contributed by atoms with Gasteiger partial charge in [0.15, 0.2) is 5.03 Å². The highest BCUT2D eigenvalue weighted by Crippen LogP contribution is 3.02. The van der Waals surface area contributed by atoms with Crippen LogP contribution in [0.3, 0.4) is 0 Å². The number of piperidine rings is 1. The highest BCUT2D eigenvalue weighted by Gasteiger charge is 2.69. The van der Waals surface area contributed by atoms with Gasteiger partial charge in [0.05, 0.1) is 22.9 Å². The fraction of sp³-hybridized carbons (Fsp3) is 0.500. The van der Waals surface area contributed by atoms with E-state index in [2.05, 4.69) is 0 Å². The Morgan fingerprint density at radius 2 is 1.66 bits per heavy atom. The van der Waals surface area contributed by atoms with Gasteiger partial charge in [0, 0.05) is 37.1 Å². The molecule has 5 rings (SSSR count). The molecule has 1 aromatic heterocycles. The van der Waals surface area contributed by atoms with Crippen LogP contribution in [0.5, 0.6) is 0 Å². The third-order valence-corrected chi connectivity index (χ3v) is 8.38. The van der Waals surface area contributed by atoms with Crippen LogP contribution in [0.25, 0.3) is 10.9 Å². The van der Waals surface area contributed by atoms with Gasteiger partial charge in [0.25, 0.3) is 0 Å². The van der Waals surface area contributed by atoms with Gasteiger partial charge in [-0.2, -0.15) is 5.10 Å². The minimum Gasteiger partial charge on any atom is -0.370 e. The lowest BCUT2D eigenvalue weighted by molar-refractivity contribution is -0.112. The van der Waals surface area contributed by atoms with E-state index >= 15 is 0 Å². The van der Waals surface area contributed by atoms with Crippen LogP contribution in [-0.2, 0) is 4.79 Å². The van der Waals surface area contributed by atoms with Crippen molar-refractivity contribution in [3.05, 3.63) is 41.6 Å². The Labute approximate surface area is 201 Å². The summed E-state index contributed by atoms with van der Waals surface area (Å²) in [5, 5.41) is 3.44. The van der Waals surface area contributed by atoms with Gasteiger partial charge < -0.3 is 14.6 Å². The molecule has 2 aliphatic heterocycles. The molecule has 1 aromatic carbocycles. The Balaban J connectivity index is 1.59. The molecule has 0 unspecified atom stereocenters. The van der Waals surface area contributed by atoms with Gasteiger partial charge in [0.1, 0.15) is 6.29 Å². The first kappa shape index (κ1) is 24.1. The van der Waals surface area contributed by atoms with Crippen molar-refractivity contribution in [2.75, 3.05) is 29.4 Å². The molecule has 1 saturated carbocycles. The minimum absolute atomic E-state index is 0.0536. The predicted octanol–water partition coefficient (Wildman–Crippen LogP) is 7.47. The van der Waals surface area contributed by atoms with E-state index < -0.39 is 15.3 Å². The summed E-state index contributed by atoms with van der Waals surface area (Å²) in [4.78, 5) is 13.8. The van der Waals surface area contributed by atoms with Crippen LogP contribution in [0.4, 0.5) is 30.8 Å². The molecule has 5 nitrogen and oxygen atoms in total. The summed E-state index contributed by atoms with van der Waals surface area (Å²) in [6.07, 6.45) is 11.7. The van der Waals surface area contributed by atoms with Crippen LogP contribution in [0.1, 0.15) is 51.0 Å². The molecule has 0 amide bonds.